The Labute approximate surface area is 94.9 Å². The van der Waals surface area contributed by atoms with Crippen LogP contribution in [0.3, 0.4) is 0 Å². The molecule has 0 radical (unpaired) electrons. The molecule has 3 nitrogen and oxygen atoms in total. The fourth-order valence-corrected chi connectivity index (χ4v) is 2.60. The number of ether oxygens (including phenoxy) is 1. The maximum Gasteiger partial charge on any atom is 0.0797 e. The van der Waals surface area contributed by atoms with Gasteiger partial charge >= 0.3 is 0 Å². The van der Waals surface area contributed by atoms with Crippen molar-refractivity contribution < 1.29 is 4.74 Å². The molecular weight excluding hydrogens is 208 g/mol. The van der Waals surface area contributed by atoms with Gasteiger partial charge in [-0.1, -0.05) is 0 Å². The van der Waals surface area contributed by atoms with Gasteiger partial charge in [0.25, 0.3) is 0 Å². The van der Waals surface area contributed by atoms with Gasteiger partial charge in [0.05, 0.1) is 17.8 Å². The van der Waals surface area contributed by atoms with Crippen molar-refractivity contribution in [1.29, 1.82) is 0 Å². The fourth-order valence-electron chi connectivity index (χ4n) is 1.82. The van der Waals surface area contributed by atoms with Crippen molar-refractivity contribution >= 4 is 11.3 Å². The summed E-state index contributed by atoms with van der Waals surface area (Å²) in [6.07, 6.45) is 2.32. The molecule has 0 aromatic carbocycles. The van der Waals surface area contributed by atoms with E-state index in [0.717, 1.165) is 38.6 Å². The summed E-state index contributed by atoms with van der Waals surface area (Å²) in [7, 11) is 0. The van der Waals surface area contributed by atoms with Crippen molar-refractivity contribution in [2.24, 2.45) is 5.92 Å². The van der Waals surface area contributed by atoms with Crippen molar-refractivity contribution in [1.82, 2.24) is 10.3 Å². The number of thiazole rings is 1. The Balaban J connectivity index is 1.60. The number of nitrogens with zero attached hydrogens (tertiary/aromatic N) is 1. The van der Waals surface area contributed by atoms with Gasteiger partial charge in [0.1, 0.15) is 0 Å². The van der Waals surface area contributed by atoms with Gasteiger partial charge in [0.15, 0.2) is 0 Å². The van der Waals surface area contributed by atoms with Crippen LogP contribution in [0.2, 0.25) is 0 Å². The Morgan fingerprint density at radius 1 is 1.67 bits per heavy atom. The lowest BCUT2D eigenvalue weighted by molar-refractivity contribution is 0.185. The van der Waals surface area contributed by atoms with Crippen LogP contribution in [-0.4, -0.2) is 31.3 Å². The number of aromatic nitrogens is 1. The maximum atomic E-state index is 5.33. The summed E-state index contributed by atoms with van der Waals surface area (Å²) in [5, 5.41) is 3.49. The number of hydrogen-bond acceptors (Lipinski definition) is 4. The summed E-state index contributed by atoms with van der Waals surface area (Å²) >= 11 is 1.76. The summed E-state index contributed by atoms with van der Waals surface area (Å²) < 4.78 is 5.33. The normalized spacial score (nSPS) is 21.0. The second-order valence-corrected chi connectivity index (χ2v) is 4.98. The highest BCUT2D eigenvalue weighted by Crippen LogP contribution is 2.13. The molecule has 0 amide bonds. The van der Waals surface area contributed by atoms with E-state index in [2.05, 4.69) is 17.2 Å². The molecule has 2 heterocycles. The van der Waals surface area contributed by atoms with Crippen LogP contribution in [-0.2, 0) is 11.2 Å². The molecule has 4 heteroatoms. The first kappa shape index (κ1) is 11.0. The van der Waals surface area contributed by atoms with Gasteiger partial charge in [-0.3, -0.25) is 0 Å². The number of aryl methyl sites for hydroxylation is 1. The minimum absolute atomic E-state index is 0.729. The first-order valence-corrected chi connectivity index (χ1v) is 6.41. The smallest absolute Gasteiger partial charge is 0.0797 e. The highest BCUT2D eigenvalue weighted by Gasteiger charge is 2.14. The Kier molecular flexibility index (Phi) is 4.11. The molecule has 1 saturated heterocycles. The van der Waals surface area contributed by atoms with E-state index in [1.54, 1.807) is 11.3 Å². The van der Waals surface area contributed by atoms with Crippen LogP contribution in [0.5, 0.6) is 0 Å². The molecule has 1 aromatic heterocycles. The third-order valence-electron chi connectivity index (χ3n) is 2.83. The van der Waals surface area contributed by atoms with Crippen LogP contribution in [0.25, 0.3) is 0 Å². The van der Waals surface area contributed by atoms with Gasteiger partial charge in [-0.25, -0.2) is 4.98 Å². The molecule has 1 aliphatic heterocycles. The van der Waals surface area contributed by atoms with E-state index in [1.165, 1.54) is 17.0 Å². The molecule has 84 valence electrons. The molecule has 2 rings (SSSR count). The third-order valence-corrected chi connectivity index (χ3v) is 3.83. The number of hydrogen-bond donors (Lipinski definition) is 1. The number of nitrogens with one attached hydrogen (secondary N) is 1. The predicted octanol–water partition coefficient (Wildman–Crippen LogP) is 1.62. The second-order valence-electron chi connectivity index (χ2n) is 4.04. The van der Waals surface area contributed by atoms with Crippen molar-refractivity contribution in [3.63, 3.8) is 0 Å². The van der Waals surface area contributed by atoms with Crippen LogP contribution in [0.15, 0.2) is 5.51 Å². The lowest BCUT2D eigenvalue weighted by Crippen LogP contribution is -2.25. The van der Waals surface area contributed by atoms with Gasteiger partial charge in [0, 0.05) is 24.6 Å². The molecular formula is C11H18N2OS. The van der Waals surface area contributed by atoms with E-state index in [0.29, 0.717) is 0 Å². The van der Waals surface area contributed by atoms with Crippen molar-refractivity contribution in [2.75, 3.05) is 26.3 Å². The van der Waals surface area contributed by atoms with E-state index in [1.807, 2.05) is 5.51 Å². The van der Waals surface area contributed by atoms with Crippen LogP contribution in [0.4, 0.5) is 0 Å². The minimum atomic E-state index is 0.729. The van der Waals surface area contributed by atoms with E-state index in [9.17, 15) is 0 Å². The molecule has 0 spiro atoms. The lowest BCUT2D eigenvalue weighted by Gasteiger charge is -2.08. The van der Waals surface area contributed by atoms with Crippen molar-refractivity contribution in [3.05, 3.63) is 16.1 Å². The highest BCUT2D eigenvalue weighted by molar-refractivity contribution is 7.09. The van der Waals surface area contributed by atoms with Crippen LogP contribution in [0, 0.1) is 12.8 Å². The molecule has 1 fully saturated rings. The van der Waals surface area contributed by atoms with E-state index in [4.69, 9.17) is 4.74 Å². The van der Waals surface area contributed by atoms with Gasteiger partial charge in [0.2, 0.25) is 0 Å². The van der Waals surface area contributed by atoms with Gasteiger partial charge in [-0.15, -0.1) is 11.3 Å². The summed E-state index contributed by atoms with van der Waals surface area (Å²) in [5.74, 6) is 0.729. The molecule has 1 atom stereocenters. The summed E-state index contributed by atoms with van der Waals surface area (Å²) in [4.78, 5) is 5.65. The fraction of sp³-hybridized carbons (Fsp3) is 0.727. The predicted molar refractivity (Wildman–Crippen MR) is 62.4 cm³/mol. The third kappa shape index (κ3) is 3.26. The van der Waals surface area contributed by atoms with Gasteiger partial charge < -0.3 is 10.1 Å². The summed E-state index contributed by atoms with van der Waals surface area (Å²) in [5.41, 5.74) is 3.11. The van der Waals surface area contributed by atoms with Crippen molar-refractivity contribution in [3.8, 4) is 0 Å². The van der Waals surface area contributed by atoms with Crippen LogP contribution in [0.1, 0.15) is 17.0 Å². The zero-order valence-corrected chi connectivity index (χ0v) is 9.98. The van der Waals surface area contributed by atoms with Crippen LogP contribution >= 0.6 is 11.3 Å². The standard InChI is InChI=1S/C11H18N2OS/c1-9-11(15-8-13-9)2-4-12-6-10-3-5-14-7-10/h8,10,12H,2-7H2,1H3. The zero-order valence-electron chi connectivity index (χ0n) is 9.16. The summed E-state index contributed by atoms with van der Waals surface area (Å²) in [6.45, 7) is 6.11. The van der Waals surface area contributed by atoms with Gasteiger partial charge in [-0.05, 0) is 25.7 Å². The Morgan fingerprint density at radius 2 is 2.60 bits per heavy atom. The number of rotatable bonds is 5. The molecule has 15 heavy (non-hydrogen) atoms. The topological polar surface area (TPSA) is 34.2 Å². The Bertz CT molecular complexity index is 295. The molecule has 1 aliphatic rings. The minimum Gasteiger partial charge on any atom is -0.381 e. The first-order chi connectivity index (χ1) is 7.36. The van der Waals surface area contributed by atoms with E-state index >= 15 is 0 Å². The maximum absolute atomic E-state index is 5.33. The lowest BCUT2D eigenvalue weighted by atomic mass is 10.1. The second kappa shape index (κ2) is 5.58. The summed E-state index contributed by atoms with van der Waals surface area (Å²) in [6, 6.07) is 0. The quantitative estimate of drug-likeness (QED) is 0.775. The first-order valence-electron chi connectivity index (χ1n) is 5.53. The van der Waals surface area contributed by atoms with Crippen molar-refractivity contribution in [2.45, 2.75) is 19.8 Å². The SMILES string of the molecule is Cc1ncsc1CCNCC1CCOC1. The Morgan fingerprint density at radius 3 is 3.27 bits per heavy atom. The van der Waals surface area contributed by atoms with Gasteiger partial charge in [-0.2, -0.15) is 0 Å². The molecule has 0 bridgehead atoms. The Hall–Kier alpha value is -0.450. The van der Waals surface area contributed by atoms with E-state index < -0.39 is 0 Å². The zero-order chi connectivity index (χ0) is 10.5. The molecule has 0 saturated carbocycles. The molecule has 1 unspecified atom stereocenters. The monoisotopic (exact) mass is 226 g/mol. The molecule has 0 aliphatic carbocycles. The molecule has 1 aromatic rings. The van der Waals surface area contributed by atoms with Crippen LogP contribution < -0.4 is 5.32 Å². The average molecular weight is 226 g/mol. The highest BCUT2D eigenvalue weighted by atomic mass is 32.1. The average Bonchev–Trinajstić information content (AvgIpc) is 2.85. The largest absolute Gasteiger partial charge is 0.381 e. The molecule has 1 N–H and O–H groups in total. The van der Waals surface area contributed by atoms with E-state index in [-0.39, 0.29) is 0 Å².